The van der Waals surface area contributed by atoms with Crippen LogP contribution in [0.2, 0.25) is 0 Å². The molecule has 7 nitrogen and oxygen atoms in total. The number of carbonyl (C=O) groups excluding carboxylic acids is 1. The molecule has 1 rings (SSSR count). The molecule has 7 heteroatoms. The van der Waals surface area contributed by atoms with Crippen molar-refractivity contribution < 1.29 is 14.6 Å². The average molecular weight is 214 g/mol. The van der Waals surface area contributed by atoms with Gasteiger partial charge >= 0.3 is 5.97 Å². The second kappa shape index (κ2) is 5.42. The van der Waals surface area contributed by atoms with E-state index in [9.17, 15) is 4.79 Å². The Morgan fingerprint density at radius 3 is 3.13 bits per heavy atom. The number of methoxy groups -OCH3 is 1. The van der Waals surface area contributed by atoms with Crippen LogP contribution in [0.15, 0.2) is 6.20 Å². The number of carbonyl (C=O) groups is 1. The lowest BCUT2D eigenvalue weighted by Gasteiger charge is -2.03. The van der Waals surface area contributed by atoms with Gasteiger partial charge in [0.2, 0.25) is 0 Å². The number of esters is 1. The summed E-state index contributed by atoms with van der Waals surface area (Å²) < 4.78 is 6.00. The zero-order valence-corrected chi connectivity index (χ0v) is 8.46. The summed E-state index contributed by atoms with van der Waals surface area (Å²) in [6.45, 7) is 0.621. The van der Waals surface area contributed by atoms with Crippen LogP contribution in [0.5, 0.6) is 0 Å². The highest BCUT2D eigenvalue weighted by Crippen LogP contribution is 2.07. The molecule has 15 heavy (non-hydrogen) atoms. The quantitative estimate of drug-likeness (QED) is 0.599. The third-order valence-corrected chi connectivity index (χ3v) is 1.88. The summed E-state index contributed by atoms with van der Waals surface area (Å²) in [5, 5.41) is 16.1. The molecule has 1 unspecified atom stereocenters. The van der Waals surface area contributed by atoms with Crippen LogP contribution in [-0.2, 0) is 16.1 Å². The van der Waals surface area contributed by atoms with Crippen LogP contribution in [0.25, 0.3) is 0 Å². The third-order valence-electron chi connectivity index (χ3n) is 1.88. The van der Waals surface area contributed by atoms with Gasteiger partial charge in [0, 0.05) is 13.2 Å². The number of hydrogen-bond donors (Lipinski definition) is 2. The molecule has 84 valence electrons. The van der Waals surface area contributed by atoms with Gasteiger partial charge in [-0.05, 0) is 6.42 Å². The standard InChI is InChI=1S/C8H14N4O3/c1-15-8(14)7(9)6-5-12(11-10-6)3-2-4-13/h5,7,13H,2-4,9H2,1H3. The normalized spacial score (nSPS) is 12.5. The number of nitrogens with zero attached hydrogens (tertiary/aromatic N) is 3. The molecule has 0 bridgehead atoms. The van der Waals surface area contributed by atoms with E-state index in [4.69, 9.17) is 10.8 Å². The van der Waals surface area contributed by atoms with Crippen molar-refractivity contribution in [1.29, 1.82) is 0 Å². The number of ether oxygens (including phenoxy) is 1. The highest BCUT2D eigenvalue weighted by molar-refractivity contribution is 5.76. The van der Waals surface area contributed by atoms with Crippen LogP contribution in [0.1, 0.15) is 18.2 Å². The number of hydrogen-bond acceptors (Lipinski definition) is 6. The lowest BCUT2D eigenvalue weighted by atomic mass is 10.2. The maximum absolute atomic E-state index is 11.1. The number of rotatable bonds is 5. The largest absolute Gasteiger partial charge is 0.468 e. The number of aromatic nitrogens is 3. The van der Waals surface area contributed by atoms with Crippen molar-refractivity contribution >= 4 is 5.97 Å². The molecule has 0 spiro atoms. The van der Waals surface area contributed by atoms with Crippen molar-refractivity contribution in [2.75, 3.05) is 13.7 Å². The second-order valence-electron chi connectivity index (χ2n) is 2.98. The van der Waals surface area contributed by atoms with Gasteiger partial charge in [-0.2, -0.15) is 0 Å². The van der Waals surface area contributed by atoms with Crippen LogP contribution < -0.4 is 5.73 Å². The molecule has 1 heterocycles. The highest BCUT2D eigenvalue weighted by atomic mass is 16.5. The van der Waals surface area contributed by atoms with Gasteiger partial charge in [-0.1, -0.05) is 5.21 Å². The van der Waals surface area contributed by atoms with Gasteiger partial charge < -0.3 is 15.6 Å². The number of aliphatic hydroxyl groups is 1. The summed E-state index contributed by atoms with van der Waals surface area (Å²) in [4.78, 5) is 11.1. The van der Waals surface area contributed by atoms with Crippen LogP contribution in [0.3, 0.4) is 0 Å². The molecular formula is C8H14N4O3. The predicted octanol–water partition coefficient (Wildman–Crippen LogP) is -1.17. The van der Waals surface area contributed by atoms with E-state index in [1.54, 1.807) is 6.20 Å². The van der Waals surface area contributed by atoms with Crippen molar-refractivity contribution in [2.24, 2.45) is 5.73 Å². The molecular weight excluding hydrogens is 200 g/mol. The number of aliphatic hydroxyl groups excluding tert-OH is 1. The second-order valence-corrected chi connectivity index (χ2v) is 2.98. The van der Waals surface area contributed by atoms with Gasteiger partial charge in [0.15, 0.2) is 0 Å². The van der Waals surface area contributed by atoms with Gasteiger partial charge in [-0.15, -0.1) is 5.10 Å². The van der Waals surface area contributed by atoms with Gasteiger partial charge in [-0.25, -0.2) is 4.79 Å². The Bertz CT molecular complexity index is 325. The molecule has 0 aliphatic heterocycles. The fourth-order valence-corrected chi connectivity index (χ4v) is 1.05. The van der Waals surface area contributed by atoms with Crippen LogP contribution in [-0.4, -0.2) is 39.8 Å². The minimum Gasteiger partial charge on any atom is -0.468 e. The number of nitrogens with two attached hydrogens (primary N) is 1. The Labute approximate surface area is 86.8 Å². The Morgan fingerprint density at radius 2 is 2.53 bits per heavy atom. The van der Waals surface area contributed by atoms with Crippen LogP contribution in [0, 0.1) is 0 Å². The summed E-state index contributed by atoms with van der Waals surface area (Å²) >= 11 is 0. The smallest absolute Gasteiger partial charge is 0.329 e. The molecule has 3 N–H and O–H groups in total. The van der Waals surface area contributed by atoms with Gasteiger partial charge in [0.05, 0.1) is 13.3 Å². The summed E-state index contributed by atoms with van der Waals surface area (Å²) in [6.07, 6.45) is 2.15. The number of aryl methyl sites for hydroxylation is 1. The highest BCUT2D eigenvalue weighted by Gasteiger charge is 2.19. The van der Waals surface area contributed by atoms with E-state index in [2.05, 4.69) is 15.0 Å². The molecule has 0 aromatic carbocycles. The molecule has 0 saturated heterocycles. The summed E-state index contributed by atoms with van der Waals surface area (Å²) in [7, 11) is 1.26. The van der Waals surface area contributed by atoms with E-state index >= 15 is 0 Å². The summed E-state index contributed by atoms with van der Waals surface area (Å²) in [6, 6.07) is -0.905. The molecule has 0 aliphatic rings. The summed E-state index contributed by atoms with van der Waals surface area (Å²) in [5.41, 5.74) is 5.91. The van der Waals surface area contributed by atoms with Crippen LogP contribution >= 0.6 is 0 Å². The first-order chi connectivity index (χ1) is 7.19. The van der Waals surface area contributed by atoms with Crippen molar-refractivity contribution in [1.82, 2.24) is 15.0 Å². The Balaban J connectivity index is 2.62. The Morgan fingerprint density at radius 1 is 1.80 bits per heavy atom. The third kappa shape index (κ3) is 3.00. The average Bonchev–Trinajstić information content (AvgIpc) is 2.72. The topological polar surface area (TPSA) is 103 Å². The zero-order valence-electron chi connectivity index (χ0n) is 8.46. The lowest BCUT2D eigenvalue weighted by Crippen LogP contribution is -2.22. The van der Waals surface area contributed by atoms with Crippen LogP contribution in [0.4, 0.5) is 0 Å². The first-order valence-corrected chi connectivity index (χ1v) is 4.53. The molecule has 0 aliphatic carbocycles. The van der Waals surface area contributed by atoms with Crippen molar-refractivity contribution in [3.8, 4) is 0 Å². The molecule has 0 fully saturated rings. The monoisotopic (exact) mass is 214 g/mol. The maximum Gasteiger partial charge on any atom is 0.329 e. The van der Waals surface area contributed by atoms with E-state index in [-0.39, 0.29) is 6.61 Å². The Kier molecular flexibility index (Phi) is 4.19. The van der Waals surface area contributed by atoms with Gasteiger partial charge in [0.1, 0.15) is 11.7 Å². The maximum atomic E-state index is 11.1. The molecule has 0 amide bonds. The fourth-order valence-electron chi connectivity index (χ4n) is 1.05. The zero-order chi connectivity index (χ0) is 11.3. The molecule has 1 aromatic rings. The van der Waals surface area contributed by atoms with Crippen molar-refractivity contribution in [3.05, 3.63) is 11.9 Å². The fraction of sp³-hybridized carbons (Fsp3) is 0.625. The molecule has 1 atom stereocenters. The first-order valence-electron chi connectivity index (χ1n) is 4.53. The Hall–Kier alpha value is -1.47. The van der Waals surface area contributed by atoms with Crippen molar-refractivity contribution in [2.45, 2.75) is 19.0 Å². The SMILES string of the molecule is COC(=O)C(N)c1cn(CCCO)nn1. The molecule has 0 saturated carbocycles. The van der Waals surface area contributed by atoms with E-state index in [0.29, 0.717) is 18.7 Å². The van der Waals surface area contributed by atoms with E-state index in [1.165, 1.54) is 11.8 Å². The minimum atomic E-state index is -0.905. The lowest BCUT2D eigenvalue weighted by molar-refractivity contribution is -0.142. The van der Waals surface area contributed by atoms with E-state index in [0.717, 1.165) is 0 Å². The summed E-state index contributed by atoms with van der Waals surface area (Å²) in [5.74, 6) is -0.552. The predicted molar refractivity (Wildman–Crippen MR) is 50.7 cm³/mol. The molecule has 1 aromatic heterocycles. The van der Waals surface area contributed by atoms with E-state index in [1.807, 2.05) is 0 Å². The van der Waals surface area contributed by atoms with Gasteiger partial charge in [-0.3, -0.25) is 4.68 Å². The van der Waals surface area contributed by atoms with Gasteiger partial charge in [0.25, 0.3) is 0 Å². The first kappa shape index (κ1) is 11.6. The van der Waals surface area contributed by atoms with E-state index < -0.39 is 12.0 Å². The molecule has 0 radical (unpaired) electrons. The minimum absolute atomic E-state index is 0.0816. The van der Waals surface area contributed by atoms with Crippen molar-refractivity contribution in [3.63, 3.8) is 0 Å².